The van der Waals surface area contributed by atoms with Crippen LogP contribution in [0.2, 0.25) is 0 Å². The number of carbonyl (C=O) groups is 1. The van der Waals surface area contributed by atoms with E-state index in [4.69, 9.17) is 4.74 Å². The molecule has 5 heteroatoms. The number of benzene rings is 1. The zero-order valence-corrected chi connectivity index (χ0v) is 15.4. The lowest BCUT2D eigenvalue weighted by atomic mass is 10.0. The molecule has 1 aromatic carbocycles. The number of nitrogens with zero attached hydrogens (tertiary/aromatic N) is 1. The SMILES string of the molecule is CC(C)CN1CCOC(CNC(=O)NC(c2ccccc2)C2CC2)C1. The van der Waals surface area contributed by atoms with Crippen molar-refractivity contribution >= 4 is 6.03 Å². The van der Waals surface area contributed by atoms with Crippen molar-refractivity contribution in [3.05, 3.63) is 35.9 Å². The summed E-state index contributed by atoms with van der Waals surface area (Å²) in [5, 5.41) is 6.17. The number of carbonyl (C=O) groups excluding carboxylic acids is 1. The minimum Gasteiger partial charge on any atom is -0.374 e. The van der Waals surface area contributed by atoms with Crippen LogP contribution >= 0.6 is 0 Å². The van der Waals surface area contributed by atoms with Gasteiger partial charge in [-0.2, -0.15) is 0 Å². The van der Waals surface area contributed by atoms with Crippen molar-refractivity contribution in [3.8, 4) is 0 Å². The van der Waals surface area contributed by atoms with E-state index in [0.29, 0.717) is 18.4 Å². The molecule has 2 N–H and O–H groups in total. The van der Waals surface area contributed by atoms with E-state index in [-0.39, 0.29) is 18.2 Å². The molecule has 1 aliphatic heterocycles. The Bertz CT molecular complexity index is 545. The van der Waals surface area contributed by atoms with Gasteiger partial charge in [-0.1, -0.05) is 44.2 Å². The van der Waals surface area contributed by atoms with Gasteiger partial charge in [0.1, 0.15) is 0 Å². The van der Waals surface area contributed by atoms with Gasteiger partial charge in [0.2, 0.25) is 0 Å². The second kappa shape index (κ2) is 8.68. The van der Waals surface area contributed by atoms with Crippen LogP contribution in [0.5, 0.6) is 0 Å². The van der Waals surface area contributed by atoms with E-state index in [1.165, 1.54) is 18.4 Å². The first-order valence-electron chi connectivity index (χ1n) is 9.55. The van der Waals surface area contributed by atoms with Gasteiger partial charge in [-0.3, -0.25) is 4.90 Å². The average molecular weight is 345 g/mol. The maximum absolute atomic E-state index is 12.4. The highest BCUT2D eigenvalue weighted by atomic mass is 16.5. The van der Waals surface area contributed by atoms with Gasteiger partial charge < -0.3 is 15.4 Å². The molecule has 1 saturated carbocycles. The minimum absolute atomic E-state index is 0.0781. The standard InChI is InChI=1S/C20H31N3O2/c1-15(2)13-23-10-11-25-18(14-23)12-21-20(24)22-19(17-8-9-17)16-6-4-3-5-7-16/h3-7,15,17-19H,8-14H2,1-2H3,(H2,21,22,24). The second-order valence-electron chi connectivity index (χ2n) is 7.73. The maximum Gasteiger partial charge on any atom is 0.315 e. The fraction of sp³-hybridized carbons (Fsp3) is 0.650. The predicted molar refractivity (Wildman–Crippen MR) is 99.5 cm³/mol. The smallest absolute Gasteiger partial charge is 0.315 e. The summed E-state index contributed by atoms with van der Waals surface area (Å²) in [7, 11) is 0. The lowest BCUT2D eigenvalue weighted by molar-refractivity contribution is -0.0290. The highest BCUT2D eigenvalue weighted by Gasteiger charge is 2.33. The quantitative estimate of drug-likeness (QED) is 0.799. The van der Waals surface area contributed by atoms with Crippen molar-refractivity contribution in [1.29, 1.82) is 0 Å². The molecule has 138 valence electrons. The zero-order chi connectivity index (χ0) is 17.6. The Balaban J connectivity index is 1.45. The van der Waals surface area contributed by atoms with Crippen LogP contribution in [0.25, 0.3) is 0 Å². The molecule has 1 saturated heterocycles. The molecular weight excluding hydrogens is 314 g/mol. The Morgan fingerprint density at radius 2 is 2.04 bits per heavy atom. The van der Waals surface area contributed by atoms with E-state index < -0.39 is 0 Å². The molecule has 2 fully saturated rings. The summed E-state index contributed by atoms with van der Waals surface area (Å²) in [5.74, 6) is 1.22. The normalized spacial score (nSPS) is 22.6. The number of ether oxygens (including phenoxy) is 1. The second-order valence-corrected chi connectivity index (χ2v) is 7.73. The third-order valence-electron chi connectivity index (χ3n) is 4.88. The Hall–Kier alpha value is -1.59. The molecule has 2 atom stereocenters. The summed E-state index contributed by atoms with van der Waals surface area (Å²) in [6.07, 6.45) is 2.46. The summed E-state index contributed by atoms with van der Waals surface area (Å²) in [6, 6.07) is 10.3. The molecule has 2 amide bonds. The minimum atomic E-state index is -0.0923. The molecule has 1 aromatic rings. The van der Waals surface area contributed by atoms with Crippen molar-refractivity contribution in [2.24, 2.45) is 11.8 Å². The van der Waals surface area contributed by atoms with Gasteiger partial charge in [-0.05, 0) is 30.2 Å². The number of nitrogens with one attached hydrogen (secondary N) is 2. The monoisotopic (exact) mass is 345 g/mol. The van der Waals surface area contributed by atoms with Crippen LogP contribution in [0.4, 0.5) is 4.79 Å². The first kappa shape index (κ1) is 18.2. The van der Waals surface area contributed by atoms with Gasteiger partial charge in [0.25, 0.3) is 0 Å². The summed E-state index contributed by atoms with van der Waals surface area (Å²) in [6.45, 7) is 8.74. The van der Waals surface area contributed by atoms with Crippen LogP contribution in [-0.4, -0.2) is 49.8 Å². The van der Waals surface area contributed by atoms with Crippen molar-refractivity contribution in [3.63, 3.8) is 0 Å². The molecule has 1 heterocycles. The average Bonchev–Trinajstić information content (AvgIpc) is 3.43. The van der Waals surface area contributed by atoms with E-state index in [1.54, 1.807) is 0 Å². The summed E-state index contributed by atoms with van der Waals surface area (Å²) >= 11 is 0. The van der Waals surface area contributed by atoms with Gasteiger partial charge in [-0.25, -0.2) is 4.79 Å². The Morgan fingerprint density at radius 1 is 1.28 bits per heavy atom. The molecule has 0 aromatic heterocycles. The van der Waals surface area contributed by atoms with Gasteiger partial charge in [0, 0.05) is 26.2 Å². The van der Waals surface area contributed by atoms with Gasteiger partial charge in [-0.15, -0.1) is 0 Å². The van der Waals surface area contributed by atoms with E-state index in [9.17, 15) is 4.79 Å². The molecular formula is C20H31N3O2. The van der Waals surface area contributed by atoms with Crippen LogP contribution in [0.1, 0.15) is 38.3 Å². The van der Waals surface area contributed by atoms with E-state index >= 15 is 0 Å². The van der Waals surface area contributed by atoms with E-state index in [1.807, 2.05) is 18.2 Å². The summed E-state index contributed by atoms with van der Waals surface area (Å²) in [5.41, 5.74) is 1.19. The fourth-order valence-corrected chi connectivity index (χ4v) is 3.55. The first-order valence-corrected chi connectivity index (χ1v) is 9.55. The van der Waals surface area contributed by atoms with Gasteiger partial charge >= 0.3 is 6.03 Å². The van der Waals surface area contributed by atoms with Crippen LogP contribution in [0.15, 0.2) is 30.3 Å². The number of amides is 2. The molecule has 2 aliphatic rings. The topological polar surface area (TPSA) is 53.6 Å². The summed E-state index contributed by atoms with van der Waals surface area (Å²) < 4.78 is 5.81. The largest absolute Gasteiger partial charge is 0.374 e. The Morgan fingerprint density at radius 3 is 2.72 bits per heavy atom. The predicted octanol–water partition coefficient (Wildman–Crippen LogP) is 2.79. The lowest BCUT2D eigenvalue weighted by Gasteiger charge is -2.34. The molecule has 1 aliphatic carbocycles. The first-order chi connectivity index (χ1) is 12.1. The van der Waals surface area contributed by atoms with E-state index in [0.717, 1.165) is 26.2 Å². The number of hydrogen-bond donors (Lipinski definition) is 2. The molecule has 0 bridgehead atoms. The molecule has 25 heavy (non-hydrogen) atoms. The van der Waals surface area contributed by atoms with Crippen LogP contribution in [0, 0.1) is 11.8 Å². The number of rotatable bonds is 7. The highest BCUT2D eigenvalue weighted by molar-refractivity contribution is 5.74. The van der Waals surface area contributed by atoms with Gasteiger partial charge in [0.05, 0.1) is 18.8 Å². The van der Waals surface area contributed by atoms with E-state index in [2.05, 4.69) is 41.5 Å². The lowest BCUT2D eigenvalue weighted by Crippen LogP contribution is -2.50. The summed E-state index contributed by atoms with van der Waals surface area (Å²) in [4.78, 5) is 14.8. The molecule has 0 radical (unpaired) electrons. The van der Waals surface area contributed by atoms with Crippen LogP contribution in [-0.2, 0) is 4.74 Å². The number of morpholine rings is 1. The van der Waals surface area contributed by atoms with Crippen molar-refractivity contribution in [2.45, 2.75) is 38.8 Å². The van der Waals surface area contributed by atoms with Crippen molar-refractivity contribution in [2.75, 3.05) is 32.8 Å². The molecule has 0 spiro atoms. The number of hydrogen-bond acceptors (Lipinski definition) is 3. The maximum atomic E-state index is 12.4. The van der Waals surface area contributed by atoms with Gasteiger partial charge in [0.15, 0.2) is 0 Å². The van der Waals surface area contributed by atoms with Crippen molar-refractivity contribution in [1.82, 2.24) is 15.5 Å². The molecule has 3 rings (SSSR count). The molecule has 2 unspecified atom stereocenters. The van der Waals surface area contributed by atoms with Crippen LogP contribution in [0.3, 0.4) is 0 Å². The Kier molecular flexibility index (Phi) is 6.32. The molecule has 5 nitrogen and oxygen atoms in total. The fourth-order valence-electron chi connectivity index (χ4n) is 3.55. The highest BCUT2D eigenvalue weighted by Crippen LogP contribution is 2.40. The Labute approximate surface area is 151 Å². The third-order valence-corrected chi connectivity index (χ3v) is 4.88. The van der Waals surface area contributed by atoms with Crippen molar-refractivity contribution < 1.29 is 9.53 Å². The third kappa shape index (κ3) is 5.72. The van der Waals surface area contributed by atoms with Crippen LogP contribution < -0.4 is 10.6 Å². The number of urea groups is 1. The zero-order valence-electron chi connectivity index (χ0n) is 15.4.